The number of amides is 1. The SMILES string of the molecule is O=C(Nc1cc(Cl)ccc1C(=O)O)c1ccc([N+](=O)[O-])s1. The molecule has 0 radical (unpaired) electrons. The summed E-state index contributed by atoms with van der Waals surface area (Å²) in [5, 5.41) is 22.1. The van der Waals surface area contributed by atoms with Crippen molar-refractivity contribution in [2.75, 3.05) is 5.32 Å². The van der Waals surface area contributed by atoms with Gasteiger partial charge in [-0.15, -0.1) is 0 Å². The van der Waals surface area contributed by atoms with Crippen LogP contribution in [-0.2, 0) is 0 Å². The van der Waals surface area contributed by atoms with E-state index in [-0.39, 0.29) is 26.2 Å². The van der Waals surface area contributed by atoms with Crippen LogP contribution in [-0.4, -0.2) is 21.9 Å². The van der Waals surface area contributed by atoms with Crippen molar-refractivity contribution < 1.29 is 19.6 Å². The Morgan fingerprint density at radius 2 is 2.00 bits per heavy atom. The van der Waals surface area contributed by atoms with Gasteiger partial charge in [0.25, 0.3) is 5.91 Å². The summed E-state index contributed by atoms with van der Waals surface area (Å²) in [5.41, 5.74) is -0.102. The summed E-state index contributed by atoms with van der Waals surface area (Å²) in [6.07, 6.45) is 0. The third-order valence-electron chi connectivity index (χ3n) is 2.46. The minimum atomic E-state index is -1.22. The zero-order chi connectivity index (χ0) is 15.6. The smallest absolute Gasteiger partial charge is 0.337 e. The summed E-state index contributed by atoms with van der Waals surface area (Å²) in [5.74, 6) is -1.86. The van der Waals surface area contributed by atoms with Gasteiger partial charge in [0.15, 0.2) is 0 Å². The second-order valence-corrected chi connectivity index (χ2v) is 5.34. The normalized spacial score (nSPS) is 10.1. The fourth-order valence-electron chi connectivity index (χ4n) is 1.54. The van der Waals surface area contributed by atoms with Crippen LogP contribution in [0.5, 0.6) is 0 Å². The average Bonchev–Trinajstić information content (AvgIpc) is 2.88. The van der Waals surface area contributed by atoms with E-state index in [1.54, 1.807) is 0 Å². The highest BCUT2D eigenvalue weighted by molar-refractivity contribution is 7.17. The third kappa shape index (κ3) is 3.36. The van der Waals surface area contributed by atoms with Crippen LogP contribution < -0.4 is 5.32 Å². The topological polar surface area (TPSA) is 110 Å². The van der Waals surface area contributed by atoms with Crippen LogP contribution in [0, 0.1) is 10.1 Å². The molecule has 108 valence electrons. The molecule has 2 rings (SSSR count). The number of thiophene rings is 1. The lowest BCUT2D eigenvalue weighted by atomic mass is 10.2. The van der Waals surface area contributed by atoms with Gasteiger partial charge in [0.05, 0.1) is 21.1 Å². The molecule has 9 heteroatoms. The van der Waals surface area contributed by atoms with Gasteiger partial charge in [0.2, 0.25) is 0 Å². The Labute approximate surface area is 126 Å². The van der Waals surface area contributed by atoms with Crippen molar-refractivity contribution in [3.05, 3.63) is 55.9 Å². The molecule has 1 aromatic heterocycles. The Balaban J connectivity index is 2.28. The third-order valence-corrected chi connectivity index (χ3v) is 3.73. The maximum atomic E-state index is 12.0. The van der Waals surface area contributed by atoms with Gasteiger partial charge in [0.1, 0.15) is 0 Å². The van der Waals surface area contributed by atoms with Gasteiger partial charge in [0, 0.05) is 11.1 Å². The van der Waals surface area contributed by atoms with E-state index in [1.807, 2.05) is 0 Å². The van der Waals surface area contributed by atoms with Crippen molar-refractivity contribution in [2.24, 2.45) is 0 Å². The summed E-state index contributed by atoms with van der Waals surface area (Å²) < 4.78 is 0. The van der Waals surface area contributed by atoms with Crippen LogP contribution in [0.1, 0.15) is 20.0 Å². The van der Waals surface area contributed by atoms with Crippen LogP contribution in [0.15, 0.2) is 30.3 Å². The summed E-state index contributed by atoms with van der Waals surface area (Å²) in [7, 11) is 0. The Morgan fingerprint density at radius 1 is 1.29 bits per heavy atom. The molecule has 0 atom stereocenters. The molecule has 0 aliphatic rings. The van der Waals surface area contributed by atoms with Gasteiger partial charge in [-0.1, -0.05) is 22.9 Å². The number of carboxylic acid groups (broad SMARTS) is 1. The van der Waals surface area contributed by atoms with Crippen LogP contribution in [0.4, 0.5) is 10.7 Å². The van der Waals surface area contributed by atoms with Gasteiger partial charge in [-0.05, 0) is 24.3 Å². The monoisotopic (exact) mass is 326 g/mol. The number of halogens is 1. The first-order chi connectivity index (χ1) is 9.88. The number of aromatic carboxylic acids is 1. The van der Waals surface area contributed by atoms with E-state index in [2.05, 4.69) is 5.32 Å². The van der Waals surface area contributed by atoms with Crippen LogP contribution in [0.25, 0.3) is 0 Å². The van der Waals surface area contributed by atoms with E-state index in [0.717, 1.165) is 0 Å². The van der Waals surface area contributed by atoms with Gasteiger partial charge in [-0.2, -0.15) is 0 Å². The van der Waals surface area contributed by atoms with Crippen molar-refractivity contribution in [2.45, 2.75) is 0 Å². The molecule has 0 unspecified atom stereocenters. The standard InChI is InChI=1S/C12H7ClN2O5S/c13-6-1-2-7(12(17)18)8(5-6)14-11(16)9-3-4-10(21-9)15(19)20/h1-5H,(H,14,16)(H,17,18). The van der Waals surface area contributed by atoms with Crippen molar-refractivity contribution in [1.82, 2.24) is 0 Å². The Kier molecular flexibility index (Phi) is 4.20. The van der Waals surface area contributed by atoms with E-state index in [9.17, 15) is 19.7 Å². The summed E-state index contributed by atoms with van der Waals surface area (Å²) >= 11 is 6.46. The first-order valence-electron chi connectivity index (χ1n) is 5.47. The van der Waals surface area contributed by atoms with Crippen molar-refractivity contribution in [3.8, 4) is 0 Å². The van der Waals surface area contributed by atoms with Crippen LogP contribution >= 0.6 is 22.9 Å². The van der Waals surface area contributed by atoms with Crippen LogP contribution in [0.2, 0.25) is 5.02 Å². The number of rotatable bonds is 4. The number of carbonyl (C=O) groups is 2. The summed E-state index contributed by atoms with van der Waals surface area (Å²) in [6, 6.07) is 6.44. The number of nitro groups is 1. The molecule has 21 heavy (non-hydrogen) atoms. The second-order valence-electron chi connectivity index (χ2n) is 3.84. The molecular weight excluding hydrogens is 320 g/mol. The molecule has 0 bridgehead atoms. The molecule has 0 saturated heterocycles. The molecule has 0 saturated carbocycles. The van der Waals surface area contributed by atoms with E-state index < -0.39 is 16.8 Å². The van der Waals surface area contributed by atoms with Crippen molar-refractivity contribution in [3.63, 3.8) is 0 Å². The van der Waals surface area contributed by atoms with Gasteiger partial charge >= 0.3 is 11.0 Å². The molecule has 1 aromatic carbocycles. The highest BCUT2D eigenvalue weighted by atomic mass is 35.5. The largest absolute Gasteiger partial charge is 0.478 e. The molecule has 0 aliphatic heterocycles. The number of hydrogen-bond donors (Lipinski definition) is 2. The van der Waals surface area contributed by atoms with E-state index in [4.69, 9.17) is 16.7 Å². The predicted octanol–water partition coefficient (Wildman–Crippen LogP) is 3.26. The molecule has 0 aliphatic carbocycles. The van der Waals surface area contributed by atoms with E-state index in [0.29, 0.717) is 11.3 Å². The fraction of sp³-hybridized carbons (Fsp3) is 0. The lowest BCUT2D eigenvalue weighted by Crippen LogP contribution is -2.13. The summed E-state index contributed by atoms with van der Waals surface area (Å²) in [6.45, 7) is 0. The number of carbonyl (C=O) groups excluding carboxylic acids is 1. The lowest BCUT2D eigenvalue weighted by molar-refractivity contribution is -0.380. The Hall–Kier alpha value is -2.45. The van der Waals surface area contributed by atoms with Gasteiger partial charge < -0.3 is 10.4 Å². The fourth-order valence-corrected chi connectivity index (χ4v) is 2.43. The number of carboxylic acids is 1. The number of nitrogens with zero attached hydrogens (tertiary/aromatic N) is 1. The lowest BCUT2D eigenvalue weighted by Gasteiger charge is -2.07. The molecule has 0 fully saturated rings. The number of benzene rings is 1. The van der Waals surface area contributed by atoms with Crippen LogP contribution in [0.3, 0.4) is 0 Å². The first kappa shape index (κ1) is 14.9. The molecule has 0 spiro atoms. The second kappa shape index (κ2) is 5.90. The quantitative estimate of drug-likeness (QED) is 0.662. The van der Waals surface area contributed by atoms with Gasteiger partial charge in [-0.25, -0.2) is 4.79 Å². The average molecular weight is 327 g/mol. The summed E-state index contributed by atoms with van der Waals surface area (Å²) in [4.78, 5) is 33.1. The zero-order valence-corrected chi connectivity index (χ0v) is 11.8. The highest BCUT2D eigenvalue weighted by Crippen LogP contribution is 2.26. The van der Waals surface area contributed by atoms with E-state index in [1.165, 1.54) is 30.3 Å². The highest BCUT2D eigenvalue weighted by Gasteiger charge is 2.18. The predicted molar refractivity (Wildman–Crippen MR) is 77.3 cm³/mol. The zero-order valence-electron chi connectivity index (χ0n) is 10.2. The molecule has 2 aromatic rings. The first-order valence-corrected chi connectivity index (χ1v) is 6.66. The molecular formula is C12H7ClN2O5S. The molecule has 1 amide bonds. The van der Waals surface area contributed by atoms with Crippen molar-refractivity contribution >= 4 is 45.5 Å². The number of nitrogens with one attached hydrogen (secondary N) is 1. The molecule has 2 N–H and O–H groups in total. The van der Waals surface area contributed by atoms with Gasteiger partial charge in [-0.3, -0.25) is 14.9 Å². The molecule has 7 nitrogen and oxygen atoms in total. The minimum absolute atomic E-state index is 0.0241. The molecule has 1 heterocycles. The number of hydrogen-bond acceptors (Lipinski definition) is 5. The minimum Gasteiger partial charge on any atom is -0.478 e. The Bertz CT molecular complexity index is 743. The number of anilines is 1. The van der Waals surface area contributed by atoms with E-state index >= 15 is 0 Å². The maximum Gasteiger partial charge on any atom is 0.337 e. The van der Waals surface area contributed by atoms with Crippen molar-refractivity contribution in [1.29, 1.82) is 0 Å². The Morgan fingerprint density at radius 3 is 2.57 bits per heavy atom. The maximum absolute atomic E-state index is 12.0.